The highest BCUT2D eigenvalue weighted by molar-refractivity contribution is 5.89. The van der Waals surface area contributed by atoms with Gasteiger partial charge in [-0.15, -0.1) is 6.58 Å². The van der Waals surface area contributed by atoms with E-state index < -0.39 is 5.97 Å². The Bertz CT molecular complexity index is 1870. The second kappa shape index (κ2) is 12.4. The molecule has 0 spiro atoms. The van der Waals surface area contributed by atoms with Crippen molar-refractivity contribution in [2.45, 2.75) is 13.3 Å². The van der Waals surface area contributed by atoms with Gasteiger partial charge in [-0.3, -0.25) is 4.79 Å². The molecule has 0 aliphatic carbocycles. The van der Waals surface area contributed by atoms with Crippen molar-refractivity contribution < 1.29 is 28.2 Å². The number of benzene rings is 3. The number of fused-ring (bicyclic) bond motifs is 2. The molecule has 0 fully saturated rings. The van der Waals surface area contributed by atoms with Crippen LogP contribution >= 0.6 is 0 Å². The first-order valence-electron chi connectivity index (χ1n) is 13.2. The molecule has 10 heteroatoms. The Labute approximate surface area is 241 Å². The average molecular weight is 568 g/mol. The summed E-state index contributed by atoms with van der Waals surface area (Å²) in [5, 5.41) is 5.69. The number of carbonyl (C=O) groups excluding carboxylic acids is 1. The highest BCUT2D eigenvalue weighted by atomic mass is 16.6. The Kier molecular flexibility index (Phi) is 8.33. The summed E-state index contributed by atoms with van der Waals surface area (Å²) >= 11 is 0. The Morgan fingerprint density at radius 1 is 1.05 bits per heavy atom. The number of nitrogens with zero attached hydrogens (tertiary/aromatic N) is 3. The summed E-state index contributed by atoms with van der Waals surface area (Å²) < 4.78 is 29.1. The maximum atomic E-state index is 13.7. The zero-order chi connectivity index (χ0) is 29.6. The van der Waals surface area contributed by atoms with Gasteiger partial charge in [0.2, 0.25) is 5.82 Å². The van der Waals surface area contributed by atoms with Crippen LogP contribution in [-0.2, 0) is 16.0 Å². The lowest BCUT2D eigenvalue weighted by Gasteiger charge is -2.15. The van der Waals surface area contributed by atoms with E-state index in [0.717, 1.165) is 5.39 Å². The average Bonchev–Trinajstić information content (AvgIpc) is 3.44. The summed E-state index contributed by atoms with van der Waals surface area (Å²) in [4.78, 5) is 30.3. The third-order valence-corrected chi connectivity index (χ3v) is 6.42. The van der Waals surface area contributed by atoms with E-state index in [0.29, 0.717) is 57.0 Å². The molecule has 0 amide bonds. The third kappa shape index (κ3) is 5.60. The van der Waals surface area contributed by atoms with Crippen molar-refractivity contribution in [3.63, 3.8) is 0 Å². The molecule has 10 nitrogen and oxygen atoms in total. The number of allylic oxidation sites excluding steroid dienone is 1. The van der Waals surface area contributed by atoms with E-state index in [2.05, 4.69) is 11.7 Å². The van der Waals surface area contributed by atoms with Gasteiger partial charge in [-0.05, 0) is 61.4 Å². The number of esters is 1. The summed E-state index contributed by atoms with van der Waals surface area (Å²) in [5.41, 5.74) is 2.05. The quantitative estimate of drug-likeness (QED) is 0.119. The van der Waals surface area contributed by atoms with Gasteiger partial charge < -0.3 is 23.4 Å². The molecule has 0 aliphatic heterocycles. The minimum Gasteiger partial charge on any atom is -0.496 e. The molecule has 0 N–H and O–H groups in total. The molecule has 2 aromatic heterocycles. The smallest absolute Gasteiger partial charge is 0.344 e. The highest BCUT2D eigenvalue weighted by Gasteiger charge is 2.19. The van der Waals surface area contributed by atoms with Crippen LogP contribution in [-0.4, -0.2) is 49.3 Å². The van der Waals surface area contributed by atoms with Crippen LogP contribution in [0.25, 0.3) is 33.5 Å². The Hall–Kier alpha value is -5.38. The van der Waals surface area contributed by atoms with Gasteiger partial charge in [-0.25, -0.2) is 9.78 Å². The van der Waals surface area contributed by atoms with Crippen LogP contribution in [0.1, 0.15) is 18.1 Å². The maximum absolute atomic E-state index is 13.7. The van der Waals surface area contributed by atoms with Crippen molar-refractivity contribution in [2.24, 2.45) is 5.10 Å². The van der Waals surface area contributed by atoms with Crippen LogP contribution < -0.4 is 19.8 Å². The minimum absolute atomic E-state index is 0.223. The Morgan fingerprint density at radius 2 is 1.86 bits per heavy atom. The van der Waals surface area contributed by atoms with Gasteiger partial charge in [0, 0.05) is 5.56 Å². The number of aromatic nitrogens is 2. The number of hydrogen-bond donors (Lipinski definition) is 0. The predicted molar refractivity (Wildman–Crippen MR) is 160 cm³/mol. The summed E-state index contributed by atoms with van der Waals surface area (Å²) in [6.45, 7) is 5.53. The molecular weight excluding hydrogens is 538 g/mol. The Morgan fingerprint density at radius 3 is 2.62 bits per heavy atom. The van der Waals surface area contributed by atoms with E-state index >= 15 is 0 Å². The SMILES string of the molecule is C=CCc1cc(C=Nn2c(-c3cc4c(OC)cccc4o3)nc3ccccc3c2=O)cc(OC)c1OCC(=O)OCC. The summed E-state index contributed by atoms with van der Waals surface area (Å²) in [7, 11) is 3.08. The second-order valence-corrected chi connectivity index (χ2v) is 9.09. The predicted octanol–water partition coefficient (Wildman–Crippen LogP) is 5.38. The molecule has 0 radical (unpaired) electrons. The fraction of sp³-hybridized carbons (Fsp3) is 0.188. The van der Waals surface area contributed by atoms with Crippen molar-refractivity contribution in [1.82, 2.24) is 9.66 Å². The molecule has 5 aromatic rings. The number of para-hydroxylation sites is 1. The molecule has 42 heavy (non-hydrogen) atoms. The maximum Gasteiger partial charge on any atom is 0.344 e. The molecule has 0 aliphatic rings. The molecule has 0 saturated carbocycles. The lowest BCUT2D eigenvalue weighted by Crippen LogP contribution is -2.20. The van der Waals surface area contributed by atoms with Crippen molar-refractivity contribution in [3.05, 3.63) is 94.8 Å². The molecule has 5 rings (SSSR count). The number of furan rings is 1. The number of hydrogen-bond acceptors (Lipinski definition) is 9. The Balaban J connectivity index is 1.62. The molecule has 3 aromatic carbocycles. The van der Waals surface area contributed by atoms with E-state index in [9.17, 15) is 9.59 Å². The molecule has 0 bridgehead atoms. The number of ether oxygens (including phenoxy) is 4. The van der Waals surface area contributed by atoms with Crippen LogP contribution in [0.15, 0.2) is 87.6 Å². The first kappa shape index (κ1) is 28.2. The van der Waals surface area contributed by atoms with E-state index in [1.807, 2.05) is 30.3 Å². The molecule has 214 valence electrons. The van der Waals surface area contributed by atoms with Gasteiger partial charge >= 0.3 is 5.97 Å². The molecule has 0 unspecified atom stereocenters. The van der Waals surface area contributed by atoms with Crippen molar-refractivity contribution in [2.75, 3.05) is 27.4 Å². The van der Waals surface area contributed by atoms with E-state index in [1.165, 1.54) is 18.0 Å². The highest BCUT2D eigenvalue weighted by Crippen LogP contribution is 2.34. The van der Waals surface area contributed by atoms with Crippen molar-refractivity contribution in [3.8, 4) is 28.8 Å². The largest absolute Gasteiger partial charge is 0.496 e. The molecule has 2 heterocycles. The van der Waals surface area contributed by atoms with E-state index in [4.69, 9.17) is 28.3 Å². The zero-order valence-corrected chi connectivity index (χ0v) is 23.5. The normalized spacial score (nSPS) is 11.2. The zero-order valence-electron chi connectivity index (χ0n) is 23.5. The number of rotatable bonds is 11. The van der Waals surface area contributed by atoms with Gasteiger partial charge in [0.25, 0.3) is 5.56 Å². The van der Waals surface area contributed by atoms with Gasteiger partial charge in [-0.1, -0.05) is 24.3 Å². The molecular formula is C32H29N3O7. The topological polar surface area (TPSA) is 114 Å². The van der Waals surface area contributed by atoms with Gasteiger partial charge in [0.1, 0.15) is 11.3 Å². The monoisotopic (exact) mass is 567 g/mol. The lowest BCUT2D eigenvalue weighted by molar-refractivity contribution is -0.145. The fourth-order valence-electron chi connectivity index (χ4n) is 4.55. The van der Waals surface area contributed by atoms with E-state index in [1.54, 1.807) is 50.4 Å². The van der Waals surface area contributed by atoms with Crippen LogP contribution in [0.2, 0.25) is 0 Å². The standard InChI is InChI=1S/C32H29N3O7/c1-5-10-21-15-20(16-27(39-4)30(21)41-19-29(36)40-6-2)18-33-35-31(34-24-12-8-7-11-22(24)32(35)37)28-17-23-25(38-3)13-9-14-26(23)42-28/h5,7-9,11-18H,1,6,10,19H2,2-4H3. The third-order valence-electron chi connectivity index (χ3n) is 6.42. The van der Waals surface area contributed by atoms with Crippen LogP contribution in [0.3, 0.4) is 0 Å². The lowest BCUT2D eigenvalue weighted by atomic mass is 10.1. The molecule has 0 saturated heterocycles. The first-order chi connectivity index (χ1) is 20.5. The van der Waals surface area contributed by atoms with Crippen LogP contribution in [0.5, 0.6) is 17.2 Å². The van der Waals surface area contributed by atoms with Crippen LogP contribution in [0, 0.1) is 0 Å². The van der Waals surface area contributed by atoms with Crippen molar-refractivity contribution in [1.29, 1.82) is 0 Å². The van der Waals surface area contributed by atoms with Gasteiger partial charge in [-0.2, -0.15) is 9.78 Å². The second-order valence-electron chi connectivity index (χ2n) is 9.09. The summed E-state index contributed by atoms with van der Waals surface area (Å²) in [5.74, 6) is 1.49. The van der Waals surface area contributed by atoms with Gasteiger partial charge in [0.05, 0.1) is 43.3 Å². The number of carbonyl (C=O) groups is 1. The number of methoxy groups -OCH3 is 2. The van der Waals surface area contributed by atoms with Gasteiger partial charge in [0.15, 0.2) is 23.9 Å². The van der Waals surface area contributed by atoms with Crippen LogP contribution in [0.4, 0.5) is 0 Å². The van der Waals surface area contributed by atoms with E-state index in [-0.39, 0.29) is 24.6 Å². The fourth-order valence-corrected chi connectivity index (χ4v) is 4.55. The summed E-state index contributed by atoms with van der Waals surface area (Å²) in [6.07, 6.45) is 3.66. The minimum atomic E-state index is -0.492. The van der Waals surface area contributed by atoms with Crippen molar-refractivity contribution >= 4 is 34.1 Å². The summed E-state index contributed by atoms with van der Waals surface area (Å²) in [6, 6.07) is 17.8. The molecule has 0 atom stereocenters. The first-order valence-corrected chi connectivity index (χ1v) is 13.2.